The van der Waals surface area contributed by atoms with Gasteiger partial charge in [-0.3, -0.25) is 19.5 Å². The van der Waals surface area contributed by atoms with Gasteiger partial charge in [0.1, 0.15) is 11.4 Å². The lowest BCUT2D eigenvalue weighted by Crippen LogP contribution is -2.32. The molecule has 0 atom stereocenters. The number of aryl methyl sites for hydroxylation is 1. The number of nitrogens with one attached hydrogen (secondary N) is 1. The summed E-state index contributed by atoms with van der Waals surface area (Å²) in [7, 11) is 1.57. The predicted octanol–water partition coefficient (Wildman–Crippen LogP) is 4.44. The SMILES string of the molecule is COc1ccc(C2=C(Nc3ccc(C)c(Cl)c3)C(=O)N(Cc3ccncc3)C2=O)cc1. The van der Waals surface area contributed by atoms with Crippen LogP contribution in [0.15, 0.2) is 72.7 Å². The molecule has 3 aromatic rings. The molecule has 7 heteroatoms. The summed E-state index contributed by atoms with van der Waals surface area (Å²) in [4.78, 5) is 31.8. The monoisotopic (exact) mass is 433 g/mol. The lowest BCUT2D eigenvalue weighted by molar-refractivity contribution is -0.137. The van der Waals surface area contributed by atoms with Crippen molar-refractivity contribution in [3.05, 3.63) is 94.4 Å². The topological polar surface area (TPSA) is 71.5 Å². The van der Waals surface area contributed by atoms with Crippen molar-refractivity contribution >= 4 is 34.7 Å². The van der Waals surface area contributed by atoms with Gasteiger partial charge in [-0.25, -0.2) is 0 Å². The second kappa shape index (κ2) is 8.62. The molecular formula is C24H20ClN3O3. The van der Waals surface area contributed by atoms with E-state index in [9.17, 15) is 9.59 Å². The number of methoxy groups -OCH3 is 1. The number of amides is 2. The zero-order valence-corrected chi connectivity index (χ0v) is 17.8. The first kappa shape index (κ1) is 20.6. The number of ether oxygens (including phenoxy) is 1. The maximum absolute atomic E-state index is 13.3. The van der Waals surface area contributed by atoms with E-state index in [4.69, 9.17) is 16.3 Å². The Morgan fingerprint density at radius 2 is 1.71 bits per heavy atom. The molecule has 0 aliphatic carbocycles. The summed E-state index contributed by atoms with van der Waals surface area (Å²) in [6, 6.07) is 16.0. The number of rotatable bonds is 6. The maximum Gasteiger partial charge on any atom is 0.278 e. The Labute approximate surface area is 185 Å². The highest BCUT2D eigenvalue weighted by Gasteiger charge is 2.39. The van der Waals surface area contributed by atoms with Gasteiger partial charge in [-0.1, -0.05) is 29.8 Å². The van der Waals surface area contributed by atoms with Crippen LogP contribution in [0.2, 0.25) is 5.02 Å². The highest BCUT2D eigenvalue weighted by molar-refractivity contribution is 6.36. The quantitative estimate of drug-likeness (QED) is 0.582. The van der Waals surface area contributed by atoms with Crippen LogP contribution in [0, 0.1) is 6.92 Å². The van der Waals surface area contributed by atoms with Crippen molar-refractivity contribution in [2.45, 2.75) is 13.5 Å². The van der Waals surface area contributed by atoms with Crippen molar-refractivity contribution in [1.29, 1.82) is 0 Å². The number of pyridine rings is 1. The molecule has 0 saturated heterocycles. The van der Waals surface area contributed by atoms with Crippen molar-refractivity contribution in [2.24, 2.45) is 0 Å². The number of carbonyl (C=O) groups excluding carboxylic acids is 2. The van der Waals surface area contributed by atoms with Crippen molar-refractivity contribution in [3.8, 4) is 5.75 Å². The lowest BCUT2D eigenvalue weighted by Gasteiger charge is -2.15. The molecule has 31 heavy (non-hydrogen) atoms. The molecule has 0 unspecified atom stereocenters. The molecule has 1 aromatic heterocycles. The highest BCUT2D eigenvalue weighted by Crippen LogP contribution is 2.33. The summed E-state index contributed by atoms with van der Waals surface area (Å²) in [5.74, 6) is -0.105. The molecule has 1 N–H and O–H groups in total. The largest absolute Gasteiger partial charge is 0.497 e. The van der Waals surface area contributed by atoms with Crippen LogP contribution >= 0.6 is 11.6 Å². The fraction of sp³-hybridized carbons (Fsp3) is 0.125. The normalized spacial score (nSPS) is 13.7. The number of carbonyl (C=O) groups is 2. The third-order valence-electron chi connectivity index (χ3n) is 5.08. The number of hydrogen-bond acceptors (Lipinski definition) is 5. The molecule has 0 radical (unpaired) electrons. The molecule has 6 nitrogen and oxygen atoms in total. The van der Waals surface area contributed by atoms with E-state index in [1.807, 2.05) is 19.1 Å². The summed E-state index contributed by atoms with van der Waals surface area (Å²) in [5, 5.41) is 3.69. The zero-order chi connectivity index (χ0) is 22.0. The summed E-state index contributed by atoms with van der Waals surface area (Å²) in [6.45, 7) is 2.05. The third-order valence-corrected chi connectivity index (χ3v) is 5.49. The Bertz CT molecular complexity index is 1170. The van der Waals surface area contributed by atoms with E-state index in [1.165, 1.54) is 4.90 Å². The molecule has 0 saturated carbocycles. The number of hydrogen-bond donors (Lipinski definition) is 1. The Morgan fingerprint density at radius 3 is 2.35 bits per heavy atom. The van der Waals surface area contributed by atoms with Gasteiger partial charge in [0, 0.05) is 23.1 Å². The van der Waals surface area contributed by atoms with E-state index >= 15 is 0 Å². The van der Waals surface area contributed by atoms with Crippen LogP contribution in [0.3, 0.4) is 0 Å². The highest BCUT2D eigenvalue weighted by atomic mass is 35.5. The first-order valence-electron chi connectivity index (χ1n) is 9.65. The number of aromatic nitrogens is 1. The average Bonchev–Trinajstić information content (AvgIpc) is 3.01. The molecule has 1 aliphatic rings. The molecule has 156 valence electrons. The van der Waals surface area contributed by atoms with Crippen LogP contribution in [-0.4, -0.2) is 28.8 Å². The third kappa shape index (κ3) is 4.15. The van der Waals surface area contributed by atoms with Crippen molar-refractivity contribution < 1.29 is 14.3 Å². The van der Waals surface area contributed by atoms with Gasteiger partial charge in [0.15, 0.2) is 0 Å². The van der Waals surface area contributed by atoms with Crippen LogP contribution in [0.4, 0.5) is 5.69 Å². The van der Waals surface area contributed by atoms with Gasteiger partial charge in [-0.15, -0.1) is 0 Å². The van der Waals surface area contributed by atoms with Gasteiger partial charge in [0.25, 0.3) is 11.8 Å². The Hall–Kier alpha value is -3.64. The zero-order valence-electron chi connectivity index (χ0n) is 17.1. The predicted molar refractivity (Wildman–Crippen MR) is 120 cm³/mol. The molecule has 2 amide bonds. The Balaban J connectivity index is 1.75. The second-order valence-corrected chi connectivity index (χ2v) is 7.53. The summed E-state index contributed by atoms with van der Waals surface area (Å²) in [6.07, 6.45) is 3.26. The van der Waals surface area contributed by atoms with Gasteiger partial charge in [-0.05, 0) is 60.0 Å². The minimum absolute atomic E-state index is 0.152. The minimum atomic E-state index is -0.399. The minimum Gasteiger partial charge on any atom is -0.497 e. The van der Waals surface area contributed by atoms with Crippen LogP contribution in [0.1, 0.15) is 16.7 Å². The smallest absolute Gasteiger partial charge is 0.278 e. The second-order valence-electron chi connectivity index (χ2n) is 7.12. The van der Waals surface area contributed by atoms with Crippen LogP contribution in [0.25, 0.3) is 5.57 Å². The summed E-state index contributed by atoms with van der Waals surface area (Å²) in [5.41, 5.74) is 3.50. The van der Waals surface area contributed by atoms with Crippen molar-refractivity contribution in [1.82, 2.24) is 9.88 Å². The summed E-state index contributed by atoms with van der Waals surface area (Å²) >= 11 is 6.25. The fourth-order valence-electron chi connectivity index (χ4n) is 3.35. The van der Waals surface area contributed by atoms with Crippen molar-refractivity contribution in [3.63, 3.8) is 0 Å². The molecular weight excluding hydrogens is 414 g/mol. The average molecular weight is 434 g/mol. The molecule has 2 heterocycles. The van der Waals surface area contributed by atoms with E-state index in [2.05, 4.69) is 10.3 Å². The first-order chi connectivity index (χ1) is 15.0. The van der Waals surface area contributed by atoms with Gasteiger partial charge in [0.2, 0.25) is 0 Å². The molecule has 2 aromatic carbocycles. The van der Waals surface area contributed by atoms with E-state index in [0.29, 0.717) is 27.6 Å². The molecule has 1 aliphatic heterocycles. The first-order valence-corrected chi connectivity index (χ1v) is 10.0. The van der Waals surface area contributed by atoms with Crippen LogP contribution < -0.4 is 10.1 Å². The van der Waals surface area contributed by atoms with Crippen molar-refractivity contribution in [2.75, 3.05) is 12.4 Å². The Morgan fingerprint density at radius 1 is 1.00 bits per heavy atom. The Kier molecular flexibility index (Phi) is 5.73. The van der Waals surface area contributed by atoms with Gasteiger partial charge in [0.05, 0.1) is 19.2 Å². The maximum atomic E-state index is 13.3. The van der Waals surface area contributed by atoms with Crippen LogP contribution in [-0.2, 0) is 16.1 Å². The number of imide groups is 1. The lowest BCUT2D eigenvalue weighted by atomic mass is 10.0. The number of nitrogens with zero attached hydrogens (tertiary/aromatic N) is 2. The molecule has 0 fully saturated rings. The van der Waals surface area contributed by atoms with Crippen LogP contribution in [0.5, 0.6) is 5.75 Å². The number of halogens is 1. The number of anilines is 1. The standard InChI is InChI=1S/C24H20ClN3O3/c1-15-3-6-18(13-20(15)25)27-22-21(17-4-7-19(31-2)8-5-17)23(29)28(24(22)30)14-16-9-11-26-12-10-16/h3-13,27H,14H2,1-2H3. The van der Waals surface area contributed by atoms with Gasteiger partial charge >= 0.3 is 0 Å². The van der Waals surface area contributed by atoms with E-state index in [0.717, 1.165) is 11.1 Å². The number of benzene rings is 2. The molecule has 0 spiro atoms. The van der Waals surface area contributed by atoms with E-state index < -0.39 is 5.91 Å². The van der Waals surface area contributed by atoms with Gasteiger partial charge in [-0.2, -0.15) is 0 Å². The van der Waals surface area contributed by atoms with E-state index in [-0.39, 0.29) is 18.1 Å². The van der Waals surface area contributed by atoms with E-state index in [1.54, 1.807) is 62.0 Å². The van der Waals surface area contributed by atoms with Gasteiger partial charge < -0.3 is 10.1 Å². The molecule has 0 bridgehead atoms. The fourth-order valence-corrected chi connectivity index (χ4v) is 3.53. The summed E-state index contributed by atoms with van der Waals surface area (Å²) < 4.78 is 5.21. The molecule has 4 rings (SSSR count).